The Labute approximate surface area is 122 Å². The van der Waals surface area contributed by atoms with Crippen molar-refractivity contribution in [2.75, 3.05) is 18.0 Å². The minimum Gasteiger partial charge on any atom is -0.390 e. The summed E-state index contributed by atoms with van der Waals surface area (Å²) in [5.74, 6) is 0.902. The molecule has 1 aliphatic heterocycles. The molecule has 0 radical (unpaired) electrons. The molecule has 2 heteroatoms. The maximum atomic E-state index is 10.0. The number of hydrogen-bond acceptors (Lipinski definition) is 2. The lowest BCUT2D eigenvalue weighted by Crippen LogP contribution is -2.27. The van der Waals surface area contributed by atoms with Crippen molar-refractivity contribution in [2.45, 2.75) is 58.0 Å². The van der Waals surface area contributed by atoms with Crippen LogP contribution in [0.3, 0.4) is 0 Å². The SMILES string of the molecule is CC(C)(O)Cc1ccc2c(c1)N(CC1CCCC1)CC2. The van der Waals surface area contributed by atoms with Crippen LogP contribution >= 0.6 is 0 Å². The lowest BCUT2D eigenvalue weighted by molar-refractivity contribution is 0.0810. The third-order valence-corrected chi connectivity index (χ3v) is 4.73. The number of nitrogens with zero attached hydrogens (tertiary/aromatic N) is 1. The molecule has 1 saturated carbocycles. The fourth-order valence-corrected chi connectivity index (χ4v) is 3.79. The molecule has 2 nitrogen and oxygen atoms in total. The minimum absolute atomic E-state index is 0.622. The van der Waals surface area contributed by atoms with Gasteiger partial charge in [-0.2, -0.15) is 0 Å². The van der Waals surface area contributed by atoms with Gasteiger partial charge in [-0.1, -0.05) is 25.0 Å². The van der Waals surface area contributed by atoms with Crippen molar-refractivity contribution in [3.05, 3.63) is 29.3 Å². The zero-order chi connectivity index (χ0) is 14.2. The second-order valence-corrected chi connectivity index (χ2v) is 7.30. The number of benzene rings is 1. The predicted octanol–water partition coefficient (Wildman–Crippen LogP) is 3.55. The number of rotatable bonds is 4. The Morgan fingerprint density at radius 3 is 2.70 bits per heavy atom. The van der Waals surface area contributed by atoms with Crippen LogP contribution in [0.25, 0.3) is 0 Å². The van der Waals surface area contributed by atoms with E-state index in [4.69, 9.17) is 0 Å². The van der Waals surface area contributed by atoms with Gasteiger partial charge >= 0.3 is 0 Å². The molecule has 1 fully saturated rings. The maximum Gasteiger partial charge on any atom is 0.0631 e. The van der Waals surface area contributed by atoms with Gasteiger partial charge in [-0.15, -0.1) is 0 Å². The summed E-state index contributed by atoms with van der Waals surface area (Å²) >= 11 is 0. The van der Waals surface area contributed by atoms with Gasteiger partial charge in [-0.25, -0.2) is 0 Å². The largest absolute Gasteiger partial charge is 0.390 e. The second kappa shape index (κ2) is 5.40. The Kier molecular flexibility index (Phi) is 3.76. The highest BCUT2D eigenvalue weighted by molar-refractivity contribution is 5.59. The number of anilines is 1. The van der Waals surface area contributed by atoms with Gasteiger partial charge < -0.3 is 10.0 Å². The van der Waals surface area contributed by atoms with Crippen molar-refractivity contribution < 1.29 is 5.11 Å². The molecule has 0 aromatic heterocycles. The molecule has 1 heterocycles. The van der Waals surface area contributed by atoms with Gasteiger partial charge in [0.15, 0.2) is 0 Å². The topological polar surface area (TPSA) is 23.5 Å². The summed E-state index contributed by atoms with van der Waals surface area (Å²) in [6.45, 7) is 6.18. The van der Waals surface area contributed by atoms with Crippen molar-refractivity contribution >= 4 is 5.69 Å². The van der Waals surface area contributed by atoms with Gasteiger partial charge in [-0.05, 0) is 56.2 Å². The lowest BCUT2D eigenvalue weighted by Gasteiger charge is -2.24. The fraction of sp³-hybridized carbons (Fsp3) is 0.667. The number of hydrogen-bond donors (Lipinski definition) is 1. The third-order valence-electron chi connectivity index (χ3n) is 4.73. The van der Waals surface area contributed by atoms with Crippen LogP contribution in [0.4, 0.5) is 5.69 Å². The van der Waals surface area contributed by atoms with E-state index >= 15 is 0 Å². The normalized spacial score (nSPS) is 19.6. The van der Waals surface area contributed by atoms with Crippen molar-refractivity contribution in [3.8, 4) is 0 Å². The van der Waals surface area contributed by atoms with E-state index in [1.807, 2.05) is 13.8 Å². The van der Waals surface area contributed by atoms with E-state index < -0.39 is 5.60 Å². The Morgan fingerprint density at radius 1 is 1.25 bits per heavy atom. The molecule has 1 N–H and O–H groups in total. The molecule has 0 unspecified atom stereocenters. The van der Waals surface area contributed by atoms with Gasteiger partial charge in [-0.3, -0.25) is 0 Å². The smallest absolute Gasteiger partial charge is 0.0631 e. The Morgan fingerprint density at radius 2 is 2.00 bits per heavy atom. The van der Waals surface area contributed by atoms with Gasteiger partial charge in [0.2, 0.25) is 0 Å². The molecular weight excluding hydrogens is 246 g/mol. The summed E-state index contributed by atoms with van der Waals surface area (Å²) in [4.78, 5) is 2.58. The quantitative estimate of drug-likeness (QED) is 0.907. The molecular formula is C18H27NO. The first-order valence-corrected chi connectivity index (χ1v) is 8.10. The Balaban J connectivity index is 1.74. The van der Waals surface area contributed by atoms with Crippen molar-refractivity contribution in [1.82, 2.24) is 0 Å². The Bertz CT molecular complexity index is 469. The first-order chi connectivity index (χ1) is 9.51. The van der Waals surface area contributed by atoms with E-state index in [1.165, 1.54) is 62.0 Å². The molecule has 3 rings (SSSR count). The molecule has 0 amide bonds. The molecule has 0 saturated heterocycles. The van der Waals surface area contributed by atoms with Crippen LogP contribution in [0.15, 0.2) is 18.2 Å². The molecule has 0 atom stereocenters. The number of fused-ring (bicyclic) bond motifs is 1. The van der Waals surface area contributed by atoms with Crippen LogP contribution < -0.4 is 4.90 Å². The zero-order valence-electron chi connectivity index (χ0n) is 12.9. The summed E-state index contributed by atoms with van der Waals surface area (Å²) in [5, 5.41) is 10.0. The van der Waals surface area contributed by atoms with Gasteiger partial charge in [0.25, 0.3) is 0 Å². The van der Waals surface area contributed by atoms with E-state index in [0.29, 0.717) is 0 Å². The highest BCUT2D eigenvalue weighted by Gasteiger charge is 2.25. The van der Waals surface area contributed by atoms with Crippen LogP contribution in [-0.4, -0.2) is 23.8 Å². The van der Waals surface area contributed by atoms with Gasteiger partial charge in [0.05, 0.1) is 5.60 Å². The summed E-state index contributed by atoms with van der Waals surface area (Å²) < 4.78 is 0. The molecule has 0 spiro atoms. The summed E-state index contributed by atoms with van der Waals surface area (Å²) in [7, 11) is 0. The van der Waals surface area contributed by atoms with E-state index in [9.17, 15) is 5.11 Å². The molecule has 110 valence electrons. The van der Waals surface area contributed by atoms with Crippen LogP contribution in [0.2, 0.25) is 0 Å². The van der Waals surface area contributed by atoms with Crippen LogP contribution in [0, 0.1) is 5.92 Å². The highest BCUT2D eigenvalue weighted by atomic mass is 16.3. The molecule has 2 aliphatic rings. The lowest BCUT2D eigenvalue weighted by atomic mass is 9.97. The minimum atomic E-state index is -0.622. The standard InChI is InChI=1S/C18H27NO/c1-18(2,20)12-15-7-8-16-9-10-19(17(16)11-15)13-14-5-3-4-6-14/h7-8,11,14,20H,3-6,9-10,12-13H2,1-2H3. The average Bonchev–Trinajstić information content (AvgIpc) is 2.98. The Hall–Kier alpha value is -1.02. The predicted molar refractivity (Wildman–Crippen MR) is 84.3 cm³/mol. The van der Waals surface area contributed by atoms with Gasteiger partial charge in [0, 0.05) is 25.2 Å². The van der Waals surface area contributed by atoms with Crippen molar-refractivity contribution in [2.24, 2.45) is 5.92 Å². The molecule has 1 aromatic carbocycles. The molecule has 20 heavy (non-hydrogen) atoms. The summed E-state index contributed by atoms with van der Waals surface area (Å²) in [6.07, 6.45) is 7.58. The van der Waals surface area contributed by atoms with E-state index in [0.717, 1.165) is 12.3 Å². The van der Waals surface area contributed by atoms with E-state index in [1.54, 1.807) is 0 Å². The second-order valence-electron chi connectivity index (χ2n) is 7.30. The summed E-state index contributed by atoms with van der Waals surface area (Å²) in [6, 6.07) is 6.77. The van der Waals surface area contributed by atoms with Crippen LogP contribution in [0.1, 0.15) is 50.7 Å². The first-order valence-electron chi connectivity index (χ1n) is 8.10. The van der Waals surface area contributed by atoms with Gasteiger partial charge in [0.1, 0.15) is 0 Å². The number of aliphatic hydroxyl groups is 1. The van der Waals surface area contributed by atoms with E-state index in [2.05, 4.69) is 23.1 Å². The molecule has 0 bridgehead atoms. The van der Waals surface area contributed by atoms with E-state index in [-0.39, 0.29) is 0 Å². The third kappa shape index (κ3) is 3.17. The fourth-order valence-electron chi connectivity index (χ4n) is 3.79. The van der Waals surface area contributed by atoms with Crippen molar-refractivity contribution in [3.63, 3.8) is 0 Å². The van der Waals surface area contributed by atoms with Crippen molar-refractivity contribution in [1.29, 1.82) is 0 Å². The maximum absolute atomic E-state index is 10.0. The van der Waals surface area contributed by atoms with Crippen LogP contribution in [-0.2, 0) is 12.8 Å². The highest BCUT2D eigenvalue weighted by Crippen LogP contribution is 2.33. The monoisotopic (exact) mass is 273 g/mol. The van der Waals surface area contributed by atoms with Crippen LogP contribution in [0.5, 0.6) is 0 Å². The average molecular weight is 273 g/mol. The summed E-state index contributed by atoms with van der Waals surface area (Å²) in [5.41, 5.74) is 3.55. The molecule has 1 aromatic rings. The molecule has 1 aliphatic carbocycles. The zero-order valence-corrected chi connectivity index (χ0v) is 12.9. The first kappa shape index (κ1) is 13.9.